The molecule has 0 spiro atoms. The summed E-state index contributed by atoms with van der Waals surface area (Å²) < 4.78 is 3.05. The van der Waals surface area contributed by atoms with Gasteiger partial charge in [0.1, 0.15) is 17.9 Å². The Labute approximate surface area is 171 Å². The molecule has 0 radical (unpaired) electrons. The molecule has 1 aromatic carbocycles. The van der Waals surface area contributed by atoms with E-state index in [-0.39, 0.29) is 11.9 Å². The molecule has 3 heterocycles. The van der Waals surface area contributed by atoms with Crippen LogP contribution in [0.15, 0.2) is 24.4 Å². The predicted octanol–water partition coefficient (Wildman–Crippen LogP) is 2.34. The molecule has 152 valence electrons. The monoisotopic (exact) mass is 416 g/mol. The van der Waals surface area contributed by atoms with Crippen molar-refractivity contribution in [1.82, 2.24) is 29.5 Å². The first-order valence-electron chi connectivity index (χ1n) is 8.97. The molecule has 0 fully saturated rings. The zero-order chi connectivity index (χ0) is 20.8. The predicted molar refractivity (Wildman–Crippen MR) is 111 cm³/mol. The zero-order valence-corrected chi connectivity index (χ0v) is 16.9. The fraction of sp³-hybridized carbons (Fsp3) is 0.333. The number of benzene rings is 1. The Bertz CT molecular complexity index is 1190. The molecule has 0 bridgehead atoms. The van der Waals surface area contributed by atoms with E-state index >= 15 is 0 Å². The van der Waals surface area contributed by atoms with Gasteiger partial charge >= 0.3 is 0 Å². The van der Waals surface area contributed by atoms with Gasteiger partial charge in [0.25, 0.3) is 0 Å². The van der Waals surface area contributed by atoms with Gasteiger partial charge in [-0.15, -0.1) is 0 Å². The number of aliphatic hydroxyl groups is 2. The molecule has 0 unspecified atom stereocenters. The van der Waals surface area contributed by atoms with Crippen LogP contribution in [0.4, 0.5) is 17.5 Å². The van der Waals surface area contributed by atoms with E-state index in [0.29, 0.717) is 29.3 Å². The number of rotatable bonds is 6. The summed E-state index contributed by atoms with van der Waals surface area (Å²) in [5, 5.41) is 35.9. The maximum atomic E-state index is 10.1. The van der Waals surface area contributed by atoms with Gasteiger partial charge in [-0.25, -0.2) is 4.68 Å². The van der Waals surface area contributed by atoms with Gasteiger partial charge in [0.05, 0.1) is 29.5 Å². The Morgan fingerprint density at radius 3 is 2.69 bits per heavy atom. The first-order valence-corrected chi connectivity index (χ1v) is 9.35. The van der Waals surface area contributed by atoms with Crippen LogP contribution in [0.25, 0.3) is 21.9 Å². The van der Waals surface area contributed by atoms with E-state index in [9.17, 15) is 10.2 Å². The van der Waals surface area contributed by atoms with Crippen LogP contribution in [0.1, 0.15) is 13.8 Å². The van der Waals surface area contributed by atoms with Gasteiger partial charge in [-0.3, -0.25) is 4.68 Å². The Balaban J connectivity index is 1.78. The van der Waals surface area contributed by atoms with Gasteiger partial charge in [-0.05, 0) is 26.0 Å². The van der Waals surface area contributed by atoms with Crippen molar-refractivity contribution in [2.45, 2.75) is 32.7 Å². The topological polar surface area (TPSA) is 126 Å². The molecular weight excluding hydrogens is 396 g/mol. The van der Waals surface area contributed by atoms with Gasteiger partial charge in [-0.2, -0.15) is 20.2 Å². The fourth-order valence-electron chi connectivity index (χ4n) is 3.19. The van der Waals surface area contributed by atoms with Gasteiger partial charge in [0, 0.05) is 12.4 Å². The largest absolute Gasteiger partial charge is 0.389 e. The van der Waals surface area contributed by atoms with Crippen molar-refractivity contribution in [2.75, 3.05) is 17.7 Å². The van der Waals surface area contributed by atoms with E-state index in [1.165, 1.54) is 4.68 Å². The lowest BCUT2D eigenvalue weighted by molar-refractivity contribution is 0.0591. The molecule has 10 nitrogen and oxygen atoms in total. The quantitative estimate of drug-likeness (QED) is 0.377. The van der Waals surface area contributed by atoms with Gasteiger partial charge in [0.2, 0.25) is 5.95 Å². The van der Waals surface area contributed by atoms with Crippen LogP contribution in [0.2, 0.25) is 5.15 Å². The molecule has 11 heteroatoms. The minimum atomic E-state index is -0.889. The molecule has 0 saturated heterocycles. The van der Waals surface area contributed by atoms with E-state index in [1.54, 1.807) is 31.8 Å². The van der Waals surface area contributed by atoms with Crippen LogP contribution in [0, 0.1) is 0 Å². The molecule has 0 aliphatic rings. The number of nitrogens with one attached hydrogen (secondary N) is 2. The minimum absolute atomic E-state index is 0.208. The zero-order valence-electron chi connectivity index (χ0n) is 16.2. The SMILES string of the molecule is CNc1nc(Nc2cccc3c2cnn3CC(C)(C)O)nc2c1c(Cl)nn2CO. The number of fused-ring (bicyclic) bond motifs is 2. The second kappa shape index (κ2) is 7.14. The summed E-state index contributed by atoms with van der Waals surface area (Å²) in [6.07, 6.45) is 1.73. The van der Waals surface area contributed by atoms with E-state index < -0.39 is 5.60 Å². The average molecular weight is 417 g/mol. The number of anilines is 3. The molecule has 0 aliphatic carbocycles. The third-order valence-electron chi connectivity index (χ3n) is 4.39. The van der Waals surface area contributed by atoms with Gasteiger partial charge in [0.15, 0.2) is 10.8 Å². The Kier molecular flexibility index (Phi) is 4.77. The van der Waals surface area contributed by atoms with E-state index in [2.05, 4.69) is 30.8 Å². The number of nitrogens with zero attached hydrogens (tertiary/aromatic N) is 6. The second-order valence-corrected chi connectivity index (χ2v) is 7.61. The van der Waals surface area contributed by atoms with Crippen LogP contribution < -0.4 is 10.6 Å². The first kappa shape index (κ1) is 19.4. The maximum absolute atomic E-state index is 10.1. The number of hydrogen-bond acceptors (Lipinski definition) is 8. The summed E-state index contributed by atoms with van der Waals surface area (Å²) in [4.78, 5) is 8.95. The lowest BCUT2D eigenvalue weighted by Gasteiger charge is -2.17. The van der Waals surface area contributed by atoms with E-state index in [4.69, 9.17) is 11.6 Å². The third-order valence-corrected chi connectivity index (χ3v) is 4.66. The van der Waals surface area contributed by atoms with Gasteiger partial charge in [-0.1, -0.05) is 17.7 Å². The lowest BCUT2D eigenvalue weighted by Crippen LogP contribution is -2.26. The molecule has 0 aliphatic heterocycles. The maximum Gasteiger partial charge on any atom is 0.231 e. The summed E-state index contributed by atoms with van der Waals surface area (Å²) in [6.45, 7) is 3.48. The van der Waals surface area contributed by atoms with Crippen molar-refractivity contribution in [3.8, 4) is 0 Å². The Morgan fingerprint density at radius 1 is 1.21 bits per heavy atom. The molecule has 3 aromatic heterocycles. The van der Waals surface area contributed by atoms with Crippen LogP contribution in [-0.4, -0.2) is 52.4 Å². The van der Waals surface area contributed by atoms with Crippen molar-refractivity contribution in [3.05, 3.63) is 29.5 Å². The van der Waals surface area contributed by atoms with Crippen molar-refractivity contribution in [3.63, 3.8) is 0 Å². The van der Waals surface area contributed by atoms with Crippen molar-refractivity contribution >= 4 is 51.0 Å². The number of aromatic nitrogens is 6. The summed E-state index contributed by atoms with van der Waals surface area (Å²) >= 11 is 6.17. The van der Waals surface area contributed by atoms with Crippen LogP contribution in [0.5, 0.6) is 0 Å². The Hall–Kier alpha value is -2.95. The first-order chi connectivity index (χ1) is 13.8. The van der Waals surface area contributed by atoms with Gasteiger partial charge < -0.3 is 20.8 Å². The molecule has 0 amide bonds. The molecule has 29 heavy (non-hydrogen) atoms. The highest BCUT2D eigenvalue weighted by molar-refractivity contribution is 6.35. The summed E-state index contributed by atoms with van der Waals surface area (Å²) in [5.41, 5.74) is 1.15. The highest BCUT2D eigenvalue weighted by atomic mass is 35.5. The smallest absolute Gasteiger partial charge is 0.231 e. The Morgan fingerprint density at radius 2 is 2.00 bits per heavy atom. The van der Waals surface area contributed by atoms with Crippen molar-refractivity contribution in [1.29, 1.82) is 0 Å². The molecule has 4 rings (SSSR count). The average Bonchev–Trinajstić information content (AvgIpc) is 3.21. The standard InChI is InChI=1S/C18H21ClN8O2/c1-18(2,29)8-26-12-6-4-5-11(10(12)7-21-26)22-17-23-15(20-3)13-14(19)25-27(9-28)16(13)24-17/h4-7,28-29H,8-9H2,1-3H3,(H2,20,22,23,24). The van der Waals surface area contributed by atoms with Crippen LogP contribution in [0.3, 0.4) is 0 Å². The van der Waals surface area contributed by atoms with E-state index in [1.807, 2.05) is 18.2 Å². The summed E-state index contributed by atoms with van der Waals surface area (Å²) in [7, 11) is 1.72. The molecule has 4 aromatic rings. The second-order valence-electron chi connectivity index (χ2n) is 7.25. The molecule has 0 atom stereocenters. The third kappa shape index (κ3) is 3.57. The van der Waals surface area contributed by atoms with Crippen molar-refractivity contribution < 1.29 is 10.2 Å². The minimum Gasteiger partial charge on any atom is -0.389 e. The molecule has 0 saturated carbocycles. The summed E-state index contributed by atoms with van der Waals surface area (Å²) in [5.74, 6) is 0.808. The van der Waals surface area contributed by atoms with Crippen LogP contribution in [-0.2, 0) is 13.3 Å². The number of aliphatic hydroxyl groups excluding tert-OH is 1. The molecular formula is C18H21ClN8O2. The highest BCUT2D eigenvalue weighted by Crippen LogP contribution is 2.31. The number of hydrogen-bond donors (Lipinski definition) is 4. The fourth-order valence-corrected chi connectivity index (χ4v) is 3.46. The molecule has 4 N–H and O–H groups in total. The normalized spacial score (nSPS) is 12.1. The van der Waals surface area contributed by atoms with E-state index in [0.717, 1.165) is 16.6 Å². The highest BCUT2D eigenvalue weighted by Gasteiger charge is 2.19. The van der Waals surface area contributed by atoms with Crippen molar-refractivity contribution in [2.24, 2.45) is 0 Å². The lowest BCUT2D eigenvalue weighted by atomic mass is 10.1. The summed E-state index contributed by atoms with van der Waals surface area (Å²) in [6, 6.07) is 5.71. The van der Waals surface area contributed by atoms with Crippen LogP contribution >= 0.6 is 11.6 Å². The number of halogens is 1.